The van der Waals surface area contributed by atoms with E-state index in [-0.39, 0.29) is 62.5 Å². The van der Waals surface area contributed by atoms with Gasteiger partial charge in [-0.1, -0.05) is 37.8 Å². The van der Waals surface area contributed by atoms with Gasteiger partial charge in [0.25, 0.3) is 0 Å². The van der Waals surface area contributed by atoms with Gasteiger partial charge in [0.05, 0.1) is 11.2 Å². The van der Waals surface area contributed by atoms with Gasteiger partial charge in [-0.15, -0.1) is 0 Å². The first-order valence-electron chi connectivity index (χ1n) is 14.9. The van der Waals surface area contributed by atoms with E-state index in [9.17, 15) is 0 Å². The number of aryl methyl sites for hydroxylation is 2. The standard InChI is InChI=1S/C24H24N2O/c1-15-12-22(25-14-18(15)13-17-6-3-4-7-17)21-9-5-8-19-20-11-10-16(2)26-24(20)27-23(19)21/h5,8-12,14,17H,3-4,6-7,13H2,1-2H3/i1D3,2D3,5D,8D,10D,11D,13D2. The maximum Gasteiger partial charge on any atom is 0.227 e. The summed E-state index contributed by atoms with van der Waals surface area (Å²) >= 11 is 0. The zero-order chi connectivity index (χ0) is 28.7. The van der Waals surface area contributed by atoms with Crippen LogP contribution in [0.25, 0.3) is 33.3 Å². The van der Waals surface area contributed by atoms with E-state index < -0.39 is 37.9 Å². The molecule has 1 aliphatic rings. The zero-order valence-electron chi connectivity index (χ0n) is 26.4. The Balaban J connectivity index is 1.80. The van der Waals surface area contributed by atoms with Crippen LogP contribution in [0.1, 0.15) is 59.0 Å². The number of furan rings is 1. The molecule has 5 rings (SSSR count). The maximum atomic E-state index is 8.75. The highest BCUT2D eigenvalue weighted by Gasteiger charge is 2.18. The third-order valence-electron chi connectivity index (χ3n) is 4.96. The second-order valence-electron chi connectivity index (χ2n) is 6.76. The molecule has 3 heteroatoms. The first-order valence-corrected chi connectivity index (χ1v) is 8.89. The Morgan fingerprint density at radius 1 is 1.22 bits per heavy atom. The van der Waals surface area contributed by atoms with Gasteiger partial charge in [0.15, 0.2) is 0 Å². The Bertz CT molecular complexity index is 1610. The van der Waals surface area contributed by atoms with Crippen LogP contribution in [0.2, 0.25) is 0 Å². The summed E-state index contributed by atoms with van der Waals surface area (Å²) in [4.78, 5) is 8.32. The van der Waals surface area contributed by atoms with Crippen LogP contribution < -0.4 is 0 Å². The molecule has 1 aromatic carbocycles. The highest BCUT2D eigenvalue weighted by molar-refractivity contribution is 6.08. The summed E-state index contributed by atoms with van der Waals surface area (Å²) in [7, 11) is 0. The Kier molecular flexibility index (Phi) is 1.95. The van der Waals surface area contributed by atoms with E-state index >= 15 is 0 Å². The Hall–Kier alpha value is -2.68. The van der Waals surface area contributed by atoms with Gasteiger partial charge in [0.2, 0.25) is 5.71 Å². The number of hydrogen-bond donors (Lipinski definition) is 0. The van der Waals surface area contributed by atoms with Gasteiger partial charge in [-0.2, -0.15) is 0 Å². The van der Waals surface area contributed by atoms with Gasteiger partial charge in [-0.3, -0.25) is 4.98 Å². The molecular formula is C24H24N2O. The Morgan fingerprint density at radius 3 is 3.00 bits per heavy atom. The molecule has 1 fully saturated rings. The van der Waals surface area contributed by atoms with Gasteiger partial charge < -0.3 is 4.42 Å². The zero-order valence-corrected chi connectivity index (χ0v) is 14.4. The minimum atomic E-state index is -2.79. The van der Waals surface area contributed by atoms with Crippen LogP contribution >= 0.6 is 0 Å². The molecule has 0 saturated heterocycles. The van der Waals surface area contributed by atoms with Gasteiger partial charge in [0.1, 0.15) is 5.58 Å². The molecule has 1 saturated carbocycles. The predicted octanol–water partition coefficient (Wildman–Crippen LogP) is 6.39. The highest BCUT2D eigenvalue weighted by atomic mass is 16.3. The van der Waals surface area contributed by atoms with E-state index in [2.05, 4.69) is 9.97 Å². The molecule has 0 spiro atoms. The first kappa shape index (κ1) is 8.14. The maximum absolute atomic E-state index is 8.75. The summed E-state index contributed by atoms with van der Waals surface area (Å²) in [5, 5.41) is -0.147. The van der Waals surface area contributed by atoms with Crippen LogP contribution in [0.15, 0.2) is 46.9 Å². The second kappa shape index (κ2) is 6.49. The summed E-state index contributed by atoms with van der Waals surface area (Å²) in [6.45, 7) is -5.48. The lowest BCUT2D eigenvalue weighted by molar-refractivity contribution is 0.544. The second-order valence-corrected chi connectivity index (χ2v) is 6.76. The lowest BCUT2D eigenvalue weighted by atomic mass is 9.95. The molecule has 136 valence electrons. The summed E-state index contributed by atoms with van der Waals surface area (Å²) in [5.74, 6) is -0.344. The number of nitrogens with zero attached hydrogens (tertiary/aromatic N) is 2. The van der Waals surface area contributed by atoms with Gasteiger partial charge >= 0.3 is 0 Å². The molecule has 0 atom stereocenters. The molecule has 0 unspecified atom stereocenters. The molecule has 3 nitrogen and oxygen atoms in total. The quantitative estimate of drug-likeness (QED) is 0.420. The molecule has 0 aliphatic heterocycles. The van der Waals surface area contributed by atoms with E-state index in [4.69, 9.17) is 20.9 Å². The van der Waals surface area contributed by atoms with Crippen molar-refractivity contribution >= 4 is 22.1 Å². The number of fused-ring (bicyclic) bond motifs is 3. The summed E-state index contributed by atoms with van der Waals surface area (Å²) in [6, 6.07) is 0.676. The van der Waals surface area contributed by atoms with Crippen molar-refractivity contribution in [1.82, 2.24) is 9.97 Å². The fourth-order valence-electron chi connectivity index (χ4n) is 3.62. The fourth-order valence-corrected chi connectivity index (χ4v) is 3.62. The summed E-state index contributed by atoms with van der Waals surface area (Å²) in [5.41, 5.74) is -1.12. The molecule has 0 bridgehead atoms. The lowest BCUT2D eigenvalue weighted by Crippen LogP contribution is -2.02. The number of hydrogen-bond acceptors (Lipinski definition) is 3. The first-order chi connectivity index (χ1) is 18.0. The van der Waals surface area contributed by atoms with E-state index in [0.717, 1.165) is 12.8 Å². The van der Waals surface area contributed by atoms with Crippen molar-refractivity contribution in [2.24, 2.45) is 5.92 Å². The van der Waals surface area contributed by atoms with E-state index in [0.29, 0.717) is 12.8 Å². The van der Waals surface area contributed by atoms with E-state index in [1.807, 2.05) is 0 Å². The van der Waals surface area contributed by atoms with E-state index in [1.165, 1.54) is 18.3 Å². The van der Waals surface area contributed by atoms with Crippen molar-refractivity contribution in [2.75, 3.05) is 0 Å². The Labute approximate surface area is 176 Å². The smallest absolute Gasteiger partial charge is 0.227 e. The predicted molar refractivity (Wildman–Crippen MR) is 110 cm³/mol. The average molecular weight is 369 g/mol. The molecule has 1 aliphatic carbocycles. The SMILES string of the molecule is [2H]c1cc(-c2cc(C([2H])([2H])[2H])c(C([2H])([2H])C3CCCC3)cn2)c2oc3nc(C([2H])([2H])[2H])c([2H])c([2H])c3c2c1[2H]. The number of benzene rings is 1. The van der Waals surface area contributed by atoms with Crippen LogP contribution in [0, 0.1) is 19.6 Å². The summed E-state index contributed by atoms with van der Waals surface area (Å²) < 4.78 is 104. The van der Waals surface area contributed by atoms with Crippen LogP contribution in [0.3, 0.4) is 0 Å². The molecule has 0 amide bonds. The lowest BCUT2D eigenvalue weighted by Gasteiger charge is -2.12. The normalized spacial score (nSPS) is 23.1. The topological polar surface area (TPSA) is 38.9 Å². The van der Waals surface area contributed by atoms with Crippen molar-refractivity contribution in [1.29, 1.82) is 0 Å². The van der Waals surface area contributed by atoms with Crippen LogP contribution in [-0.4, -0.2) is 9.97 Å². The number of para-hydroxylation sites is 1. The molecular weight excluding hydrogens is 332 g/mol. The van der Waals surface area contributed by atoms with Gasteiger partial charge in [-0.05, 0) is 61.3 Å². The Morgan fingerprint density at radius 2 is 2.15 bits per heavy atom. The van der Waals surface area contributed by atoms with Gasteiger partial charge in [0, 0.05) is 39.2 Å². The van der Waals surface area contributed by atoms with Crippen LogP contribution in [0.4, 0.5) is 0 Å². The number of pyridine rings is 2. The van der Waals surface area contributed by atoms with E-state index in [1.54, 1.807) is 0 Å². The molecule has 27 heavy (non-hydrogen) atoms. The number of rotatable bonds is 3. The largest absolute Gasteiger partial charge is 0.437 e. The van der Waals surface area contributed by atoms with Crippen molar-refractivity contribution in [3.05, 3.63) is 59.3 Å². The molecule has 0 N–H and O–H groups in total. The van der Waals surface area contributed by atoms with Crippen molar-refractivity contribution in [2.45, 2.75) is 45.8 Å². The summed E-state index contributed by atoms with van der Waals surface area (Å²) in [6.07, 6.45) is 2.28. The van der Waals surface area contributed by atoms with Crippen molar-refractivity contribution in [3.8, 4) is 11.3 Å². The van der Waals surface area contributed by atoms with Gasteiger partial charge in [-0.25, -0.2) is 4.98 Å². The number of aromatic nitrogens is 2. The molecule has 3 aromatic heterocycles. The average Bonchev–Trinajstić information content (AvgIpc) is 3.51. The molecule has 3 heterocycles. The fraction of sp³-hybridized carbons (Fsp3) is 0.333. The monoisotopic (exact) mass is 368 g/mol. The minimum Gasteiger partial charge on any atom is -0.437 e. The van der Waals surface area contributed by atoms with Crippen molar-refractivity contribution in [3.63, 3.8) is 0 Å². The van der Waals surface area contributed by atoms with Crippen LogP contribution in [-0.2, 0) is 6.37 Å². The molecule has 0 radical (unpaired) electrons. The third-order valence-corrected chi connectivity index (χ3v) is 4.96. The third kappa shape index (κ3) is 2.91. The highest BCUT2D eigenvalue weighted by Crippen LogP contribution is 2.35. The van der Waals surface area contributed by atoms with Crippen molar-refractivity contribution < 1.29 is 20.9 Å². The minimum absolute atomic E-state index is 0.0292. The van der Waals surface area contributed by atoms with Crippen LogP contribution in [0.5, 0.6) is 0 Å². The molecule has 4 aromatic rings.